The van der Waals surface area contributed by atoms with Gasteiger partial charge in [0.15, 0.2) is 24.0 Å². The van der Waals surface area contributed by atoms with Crippen molar-refractivity contribution in [1.82, 2.24) is 14.4 Å². The number of ether oxygens (including phenoxy) is 1. The van der Waals surface area contributed by atoms with Gasteiger partial charge in [0.1, 0.15) is 0 Å². The van der Waals surface area contributed by atoms with Gasteiger partial charge in [0.2, 0.25) is 10.0 Å². The molecule has 0 N–H and O–H groups in total. The van der Waals surface area contributed by atoms with E-state index in [0.29, 0.717) is 11.7 Å². The molecule has 0 saturated heterocycles. The predicted molar refractivity (Wildman–Crippen MR) is 114 cm³/mol. The van der Waals surface area contributed by atoms with Gasteiger partial charge in [0.05, 0.1) is 4.90 Å². The molecule has 0 saturated carbocycles. The van der Waals surface area contributed by atoms with E-state index in [-0.39, 0.29) is 36.1 Å². The molecule has 1 heterocycles. The molecule has 3 aromatic rings. The normalized spacial score (nSPS) is 11.9. The summed E-state index contributed by atoms with van der Waals surface area (Å²) in [5.41, 5.74) is 1.11. The van der Waals surface area contributed by atoms with Crippen molar-refractivity contribution in [3.8, 4) is 5.75 Å². The SMILES string of the molecule is CC(C)Cc1ccc(S(=O)(=O)N(C)CCc2noc(COc3ccccc3F)n2)cc1. The van der Waals surface area contributed by atoms with Crippen LogP contribution in [0, 0.1) is 11.7 Å². The van der Waals surface area contributed by atoms with Gasteiger partial charge in [-0.05, 0) is 42.2 Å². The lowest BCUT2D eigenvalue weighted by Crippen LogP contribution is -2.29. The highest BCUT2D eigenvalue weighted by Crippen LogP contribution is 2.18. The standard InChI is InChI=1S/C22H26FN3O4S/c1-16(2)14-17-8-10-18(11-9-17)31(27,28)26(3)13-12-21-24-22(30-25-21)15-29-20-7-5-4-6-19(20)23/h4-11,16H,12-15H2,1-3H3. The number of para-hydroxylation sites is 1. The van der Waals surface area contributed by atoms with Crippen LogP contribution < -0.4 is 4.74 Å². The van der Waals surface area contributed by atoms with E-state index in [1.807, 2.05) is 12.1 Å². The van der Waals surface area contributed by atoms with Crippen LogP contribution in [0.5, 0.6) is 5.75 Å². The minimum Gasteiger partial charge on any atom is -0.481 e. The predicted octanol–water partition coefficient (Wildman–Crippen LogP) is 3.85. The number of hydrogen-bond acceptors (Lipinski definition) is 6. The van der Waals surface area contributed by atoms with E-state index >= 15 is 0 Å². The Balaban J connectivity index is 1.55. The van der Waals surface area contributed by atoms with Crippen LogP contribution >= 0.6 is 0 Å². The summed E-state index contributed by atoms with van der Waals surface area (Å²) in [5.74, 6) is 0.645. The largest absolute Gasteiger partial charge is 0.481 e. The van der Waals surface area contributed by atoms with Crippen molar-refractivity contribution in [2.45, 2.75) is 38.2 Å². The number of nitrogens with zero attached hydrogens (tertiary/aromatic N) is 3. The van der Waals surface area contributed by atoms with Crippen molar-refractivity contribution in [2.75, 3.05) is 13.6 Å². The molecule has 0 spiro atoms. The lowest BCUT2D eigenvalue weighted by atomic mass is 10.0. The zero-order valence-electron chi connectivity index (χ0n) is 17.8. The molecule has 0 aliphatic heterocycles. The smallest absolute Gasteiger partial charge is 0.264 e. The Morgan fingerprint density at radius 1 is 1.13 bits per heavy atom. The van der Waals surface area contributed by atoms with E-state index in [1.165, 1.54) is 23.5 Å². The molecule has 0 atom stereocenters. The van der Waals surface area contributed by atoms with Gasteiger partial charge in [-0.2, -0.15) is 4.98 Å². The number of halogens is 1. The summed E-state index contributed by atoms with van der Waals surface area (Å²) in [6, 6.07) is 13.0. The average Bonchev–Trinajstić information content (AvgIpc) is 3.19. The van der Waals surface area contributed by atoms with Crippen molar-refractivity contribution in [3.63, 3.8) is 0 Å². The molecule has 7 nitrogen and oxygen atoms in total. The van der Waals surface area contributed by atoms with Crippen LogP contribution in [0.2, 0.25) is 0 Å². The fourth-order valence-corrected chi connectivity index (χ4v) is 4.15. The van der Waals surface area contributed by atoms with Gasteiger partial charge in [-0.15, -0.1) is 0 Å². The number of sulfonamides is 1. The summed E-state index contributed by atoms with van der Waals surface area (Å²) in [5, 5.41) is 3.84. The summed E-state index contributed by atoms with van der Waals surface area (Å²) in [6.45, 7) is 4.34. The molecule has 0 unspecified atom stereocenters. The molecular weight excluding hydrogens is 421 g/mol. The summed E-state index contributed by atoms with van der Waals surface area (Å²) in [6.07, 6.45) is 1.17. The zero-order valence-corrected chi connectivity index (χ0v) is 18.6. The van der Waals surface area contributed by atoms with Crippen LogP contribution in [-0.2, 0) is 29.5 Å². The first-order chi connectivity index (χ1) is 14.8. The Bertz CT molecular complexity index is 1100. The maximum Gasteiger partial charge on any atom is 0.264 e. The van der Waals surface area contributed by atoms with Crippen molar-refractivity contribution in [1.29, 1.82) is 0 Å². The first-order valence-electron chi connectivity index (χ1n) is 10.00. The molecule has 3 rings (SSSR count). The molecular formula is C22H26FN3O4S. The second-order valence-corrected chi connectivity index (χ2v) is 9.69. The van der Waals surface area contributed by atoms with Gasteiger partial charge in [0.25, 0.3) is 5.89 Å². The second kappa shape index (κ2) is 10.0. The van der Waals surface area contributed by atoms with Crippen molar-refractivity contribution in [3.05, 3.63) is 71.6 Å². The molecule has 9 heteroatoms. The van der Waals surface area contributed by atoms with E-state index in [1.54, 1.807) is 24.3 Å². The number of hydrogen-bond donors (Lipinski definition) is 0. The highest BCUT2D eigenvalue weighted by atomic mass is 32.2. The van der Waals surface area contributed by atoms with Gasteiger partial charge in [-0.1, -0.05) is 43.3 Å². The van der Waals surface area contributed by atoms with Gasteiger partial charge < -0.3 is 9.26 Å². The van der Waals surface area contributed by atoms with Gasteiger partial charge in [-0.3, -0.25) is 0 Å². The highest BCUT2D eigenvalue weighted by molar-refractivity contribution is 7.89. The van der Waals surface area contributed by atoms with Gasteiger partial charge in [0, 0.05) is 20.0 Å². The monoisotopic (exact) mass is 447 g/mol. The van der Waals surface area contributed by atoms with E-state index in [2.05, 4.69) is 24.0 Å². The van der Waals surface area contributed by atoms with Gasteiger partial charge >= 0.3 is 0 Å². The van der Waals surface area contributed by atoms with Crippen molar-refractivity contribution >= 4 is 10.0 Å². The minimum atomic E-state index is -3.62. The summed E-state index contributed by atoms with van der Waals surface area (Å²) in [7, 11) is -2.10. The topological polar surface area (TPSA) is 85.5 Å². The van der Waals surface area contributed by atoms with Crippen molar-refractivity contribution < 1.29 is 22.1 Å². The second-order valence-electron chi connectivity index (χ2n) is 7.64. The molecule has 0 aliphatic rings. The van der Waals surface area contributed by atoms with Crippen LogP contribution in [0.4, 0.5) is 4.39 Å². The third-order valence-electron chi connectivity index (χ3n) is 4.62. The first kappa shape index (κ1) is 22.9. The lowest BCUT2D eigenvalue weighted by Gasteiger charge is -2.16. The molecule has 31 heavy (non-hydrogen) atoms. The third-order valence-corrected chi connectivity index (χ3v) is 6.49. The molecule has 0 aliphatic carbocycles. The van der Waals surface area contributed by atoms with Gasteiger partial charge in [-0.25, -0.2) is 17.1 Å². The van der Waals surface area contributed by atoms with Crippen molar-refractivity contribution in [2.24, 2.45) is 5.92 Å². The fraction of sp³-hybridized carbons (Fsp3) is 0.364. The maximum absolute atomic E-state index is 13.6. The Morgan fingerprint density at radius 3 is 2.52 bits per heavy atom. The molecule has 166 valence electrons. The van der Waals surface area contributed by atoms with Crippen LogP contribution in [0.25, 0.3) is 0 Å². The van der Waals surface area contributed by atoms with E-state index in [9.17, 15) is 12.8 Å². The Morgan fingerprint density at radius 2 is 1.84 bits per heavy atom. The number of aromatic nitrogens is 2. The maximum atomic E-state index is 13.6. The quantitative estimate of drug-likeness (QED) is 0.469. The van der Waals surface area contributed by atoms with Crippen LogP contribution in [-0.4, -0.2) is 36.5 Å². The fourth-order valence-electron chi connectivity index (χ4n) is 2.98. The lowest BCUT2D eigenvalue weighted by molar-refractivity contribution is 0.234. The number of likely N-dealkylation sites (N-methyl/N-ethyl adjacent to an activating group) is 1. The molecule has 2 aromatic carbocycles. The van der Waals surface area contributed by atoms with E-state index in [4.69, 9.17) is 9.26 Å². The van der Waals surface area contributed by atoms with E-state index in [0.717, 1.165) is 12.0 Å². The molecule has 0 amide bonds. The number of rotatable bonds is 10. The summed E-state index contributed by atoms with van der Waals surface area (Å²) in [4.78, 5) is 4.42. The van der Waals surface area contributed by atoms with Crippen LogP contribution in [0.3, 0.4) is 0 Å². The van der Waals surface area contributed by atoms with E-state index < -0.39 is 15.8 Å². The Hall–Kier alpha value is -2.78. The Labute approximate surface area is 181 Å². The molecule has 0 bridgehead atoms. The molecule has 0 fully saturated rings. The summed E-state index contributed by atoms with van der Waals surface area (Å²) < 4.78 is 50.8. The Kier molecular flexibility index (Phi) is 7.40. The molecule has 1 aromatic heterocycles. The number of benzene rings is 2. The first-order valence-corrected chi connectivity index (χ1v) is 11.4. The summed E-state index contributed by atoms with van der Waals surface area (Å²) >= 11 is 0. The van der Waals surface area contributed by atoms with Crippen LogP contribution in [0.15, 0.2) is 57.9 Å². The van der Waals surface area contributed by atoms with Crippen LogP contribution in [0.1, 0.15) is 31.1 Å². The third kappa shape index (κ3) is 6.11. The zero-order chi connectivity index (χ0) is 22.4. The minimum absolute atomic E-state index is 0.0786. The molecule has 0 radical (unpaired) electrons. The average molecular weight is 448 g/mol. The highest BCUT2D eigenvalue weighted by Gasteiger charge is 2.21.